The number of benzene rings is 1. The van der Waals surface area contributed by atoms with Crippen LogP contribution in [0.5, 0.6) is 0 Å². The molecule has 0 aliphatic heterocycles. The van der Waals surface area contributed by atoms with Crippen LogP contribution in [0.15, 0.2) is 34.9 Å². The Morgan fingerprint density at radius 3 is 2.62 bits per heavy atom. The molecule has 1 aromatic heterocycles. The number of anilines is 1. The number of nitrogens with one attached hydrogen (secondary N) is 1. The maximum atomic E-state index is 12.2. The lowest BCUT2D eigenvalue weighted by molar-refractivity contribution is -0.144. The van der Waals surface area contributed by atoms with E-state index in [0.717, 1.165) is 21.4 Å². The number of aromatic nitrogens is 2. The summed E-state index contributed by atoms with van der Waals surface area (Å²) in [4.78, 5) is 12.2. The predicted molar refractivity (Wildman–Crippen MR) is 85.1 cm³/mol. The molecule has 0 bridgehead atoms. The highest BCUT2D eigenvalue weighted by Gasteiger charge is 2.25. The highest BCUT2D eigenvalue weighted by Crippen LogP contribution is 2.24. The first-order valence-corrected chi connectivity index (χ1v) is 7.49. The summed E-state index contributed by atoms with van der Waals surface area (Å²) in [7, 11) is 1.85. The molecule has 0 aliphatic carbocycles. The molecule has 5 nitrogen and oxygen atoms in total. The second kappa shape index (κ2) is 6.76. The Hall–Kier alpha value is -1.82. The van der Waals surface area contributed by atoms with Gasteiger partial charge in [-0.25, -0.2) is 4.79 Å². The third kappa shape index (κ3) is 3.64. The van der Waals surface area contributed by atoms with Gasteiger partial charge in [-0.1, -0.05) is 15.9 Å². The highest BCUT2D eigenvalue weighted by atomic mass is 79.9. The van der Waals surface area contributed by atoms with Crippen LogP contribution in [0.4, 0.5) is 5.69 Å². The topological polar surface area (TPSA) is 56.1 Å². The molecular formula is C15H18BrN3O2. The van der Waals surface area contributed by atoms with Crippen LogP contribution in [0.2, 0.25) is 0 Å². The van der Waals surface area contributed by atoms with Crippen molar-refractivity contribution in [2.24, 2.45) is 7.05 Å². The van der Waals surface area contributed by atoms with Crippen LogP contribution >= 0.6 is 15.9 Å². The molecule has 0 saturated heterocycles. The summed E-state index contributed by atoms with van der Waals surface area (Å²) in [5.74, 6) is -0.309. The zero-order valence-corrected chi connectivity index (χ0v) is 13.8. The van der Waals surface area contributed by atoms with Crippen molar-refractivity contribution < 1.29 is 9.53 Å². The molecule has 2 rings (SSSR count). The van der Waals surface area contributed by atoms with Crippen molar-refractivity contribution in [1.29, 1.82) is 0 Å². The molecule has 6 heteroatoms. The number of ether oxygens (including phenoxy) is 1. The Bertz CT molecular complexity index is 622. The molecule has 0 radical (unpaired) electrons. The Morgan fingerprint density at radius 1 is 1.43 bits per heavy atom. The van der Waals surface area contributed by atoms with Gasteiger partial charge in [-0.2, -0.15) is 5.10 Å². The summed E-state index contributed by atoms with van der Waals surface area (Å²) < 4.78 is 7.90. The minimum atomic E-state index is -0.570. The fourth-order valence-electron chi connectivity index (χ4n) is 2.00. The number of aryl methyl sites for hydroxylation is 1. The first-order valence-electron chi connectivity index (χ1n) is 6.70. The summed E-state index contributed by atoms with van der Waals surface area (Å²) in [6.45, 7) is 4.07. The van der Waals surface area contributed by atoms with E-state index in [1.54, 1.807) is 17.8 Å². The molecule has 2 aromatic rings. The lowest BCUT2D eigenvalue weighted by atomic mass is 10.1. The zero-order chi connectivity index (χ0) is 15.4. The van der Waals surface area contributed by atoms with Crippen molar-refractivity contribution in [2.75, 3.05) is 11.9 Å². The molecular weight excluding hydrogens is 334 g/mol. The average molecular weight is 352 g/mol. The molecule has 0 spiro atoms. The van der Waals surface area contributed by atoms with Crippen LogP contribution in [-0.4, -0.2) is 22.4 Å². The van der Waals surface area contributed by atoms with E-state index >= 15 is 0 Å². The summed E-state index contributed by atoms with van der Waals surface area (Å²) in [6.07, 6.45) is 1.70. The maximum absolute atomic E-state index is 12.2. The van der Waals surface area contributed by atoms with E-state index in [1.165, 1.54) is 0 Å². The lowest BCUT2D eigenvalue weighted by Crippen LogP contribution is -2.24. The van der Waals surface area contributed by atoms with Gasteiger partial charge in [0.05, 0.1) is 12.8 Å². The number of esters is 1. The molecule has 1 atom stereocenters. The zero-order valence-electron chi connectivity index (χ0n) is 12.3. The maximum Gasteiger partial charge on any atom is 0.333 e. The molecule has 112 valence electrons. The van der Waals surface area contributed by atoms with Gasteiger partial charge in [0.2, 0.25) is 0 Å². The fourth-order valence-corrected chi connectivity index (χ4v) is 2.27. The van der Waals surface area contributed by atoms with Gasteiger partial charge in [-0.15, -0.1) is 0 Å². The monoisotopic (exact) mass is 351 g/mol. The normalized spacial score (nSPS) is 12.0. The number of carbonyl (C=O) groups is 1. The first kappa shape index (κ1) is 15.6. The van der Waals surface area contributed by atoms with Crippen LogP contribution in [-0.2, 0) is 16.6 Å². The number of nitrogens with zero attached hydrogens (tertiary/aromatic N) is 2. The fraction of sp³-hybridized carbons (Fsp3) is 0.333. The van der Waals surface area contributed by atoms with E-state index in [1.807, 2.05) is 38.2 Å². The quantitative estimate of drug-likeness (QED) is 0.840. The third-order valence-electron chi connectivity index (χ3n) is 3.26. The van der Waals surface area contributed by atoms with Crippen molar-refractivity contribution >= 4 is 27.6 Å². The largest absolute Gasteiger partial charge is 0.464 e. The van der Waals surface area contributed by atoms with Gasteiger partial charge in [0.25, 0.3) is 0 Å². The number of carbonyl (C=O) groups excluding carboxylic acids is 1. The summed E-state index contributed by atoms with van der Waals surface area (Å²) in [6, 6.07) is 7.07. The van der Waals surface area contributed by atoms with Gasteiger partial charge < -0.3 is 10.1 Å². The minimum absolute atomic E-state index is 0.309. The number of rotatable bonds is 5. The molecule has 0 saturated carbocycles. The molecule has 0 fully saturated rings. The van der Waals surface area contributed by atoms with Crippen molar-refractivity contribution in [3.8, 4) is 0 Å². The molecule has 0 aliphatic rings. The predicted octanol–water partition coefficient (Wildman–Crippen LogP) is 3.21. The van der Waals surface area contributed by atoms with Crippen LogP contribution in [0.1, 0.15) is 24.2 Å². The Balaban J connectivity index is 2.30. The highest BCUT2D eigenvalue weighted by molar-refractivity contribution is 9.10. The van der Waals surface area contributed by atoms with Gasteiger partial charge in [-0.05, 0) is 38.1 Å². The van der Waals surface area contributed by atoms with Crippen molar-refractivity contribution in [3.63, 3.8) is 0 Å². The summed E-state index contributed by atoms with van der Waals surface area (Å²) in [5, 5.41) is 7.41. The second-order valence-electron chi connectivity index (χ2n) is 4.65. The molecule has 21 heavy (non-hydrogen) atoms. The van der Waals surface area contributed by atoms with E-state index in [4.69, 9.17) is 4.74 Å². The second-order valence-corrected chi connectivity index (χ2v) is 5.56. The first-order chi connectivity index (χ1) is 10.0. The Morgan fingerprint density at radius 2 is 2.10 bits per heavy atom. The van der Waals surface area contributed by atoms with Crippen LogP contribution < -0.4 is 5.32 Å². The van der Waals surface area contributed by atoms with Crippen molar-refractivity contribution in [2.45, 2.75) is 19.9 Å². The Kier molecular flexibility index (Phi) is 5.01. The molecule has 1 N–H and O–H groups in total. The summed E-state index contributed by atoms with van der Waals surface area (Å²) >= 11 is 3.39. The minimum Gasteiger partial charge on any atom is -0.464 e. The van der Waals surface area contributed by atoms with Crippen molar-refractivity contribution in [1.82, 2.24) is 9.78 Å². The smallest absolute Gasteiger partial charge is 0.333 e. The van der Waals surface area contributed by atoms with E-state index in [2.05, 4.69) is 26.3 Å². The van der Waals surface area contributed by atoms with Gasteiger partial charge in [-0.3, -0.25) is 4.68 Å². The number of hydrogen-bond donors (Lipinski definition) is 1. The molecule has 1 aromatic carbocycles. The molecule has 0 amide bonds. The lowest BCUT2D eigenvalue weighted by Gasteiger charge is -2.18. The van der Waals surface area contributed by atoms with E-state index in [0.29, 0.717) is 6.61 Å². The van der Waals surface area contributed by atoms with Gasteiger partial charge in [0, 0.05) is 28.5 Å². The third-order valence-corrected chi connectivity index (χ3v) is 3.79. The molecule has 1 unspecified atom stereocenters. The van der Waals surface area contributed by atoms with Crippen LogP contribution in [0, 0.1) is 6.92 Å². The number of hydrogen-bond acceptors (Lipinski definition) is 4. The molecule has 1 heterocycles. The van der Waals surface area contributed by atoms with E-state index in [-0.39, 0.29) is 5.97 Å². The van der Waals surface area contributed by atoms with Crippen LogP contribution in [0.3, 0.4) is 0 Å². The number of halogens is 1. The standard InChI is InChI=1S/C15H18BrN3O2/c1-4-21-15(20)14(13-9-17-19(3)10(13)2)18-12-7-5-11(16)6-8-12/h5-9,14,18H,4H2,1-3H3. The van der Waals surface area contributed by atoms with Gasteiger partial charge in [0.1, 0.15) is 0 Å². The average Bonchev–Trinajstić information content (AvgIpc) is 2.79. The van der Waals surface area contributed by atoms with E-state index in [9.17, 15) is 4.79 Å². The van der Waals surface area contributed by atoms with Gasteiger partial charge >= 0.3 is 5.97 Å². The van der Waals surface area contributed by atoms with E-state index < -0.39 is 6.04 Å². The van der Waals surface area contributed by atoms with Crippen molar-refractivity contribution in [3.05, 3.63) is 46.2 Å². The summed E-state index contributed by atoms with van der Waals surface area (Å²) in [5.41, 5.74) is 2.59. The SMILES string of the molecule is CCOC(=O)C(Nc1ccc(Br)cc1)c1cnn(C)c1C. The van der Waals surface area contributed by atoms with Crippen LogP contribution in [0.25, 0.3) is 0 Å². The van der Waals surface area contributed by atoms with Gasteiger partial charge in [0.15, 0.2) is 6.04 Å². The Labute approximate surface area is 132 Å².